The van der Waals surface area contributed by atoms with Crippen molar-refractivity contribution in [2.24, 2.45) is 5.10 Å². The smallest absolute Gasteiger partial charge is 0.412 e. The Balaban J connectivity index is 1.33. The van der Waals surface area contributed by atoms with Crippen LogP contribution in [0.3, 0.4) is 0 Å². The normalized spacial score (nSPS) is 13.8. The van der Waals surface area contributed by atoms with Gasteiger partial charge in [-0.25, -0.2) is 4.98 Å². The first kappa shape index (κ1) is 24.2. The number of benzene rings is 2. The van der Waals surface area contributed by atoms with E-state index in [4.69, 9.17) is 17.0 Å². The van der Waals surface area contributed by atoms with Crippen molar-refractivity contribution in [2.75, 3.05) is 12.4 Å². The van der Waals surface area contributed by atoms with Crippen LogP contribution in [0.25, 0.3) is 11.3 Å². The molecule has 0 aliphatic heterocycles. The van der Waals surface area contributed by atoms with Crippen molar-refractivity contribution in [3.05, 3.63) is 90.0 Å². The van der Waals surface area contributed by atoms with Crippen LogP contribution in [0.4, 0.5) is 18.9 Å². The van der Waals surface area contributed by atoms with Gasteiger partial charge in [-0.15, -0.1) is 0 Å². The third-order valence-electron chi connectivity index (χ3n) is 5.34. The molecule has 180 valence electrons. The Kier molecular flexibility index (Phi) is 7.31. The summed E-state index contributed by atoms with van der Waals surface area (Å²) in [6.07, 6.45) is 3.72. The second kappa shape index (κ2) is 10.6. The molecule has 2 aromatic carbocycles. The van der Waals surface area contributed by atoms with Gasteiger partial charge in [0, 0.05) is 23.1 Å². The zero-order valence-corrected chi connectivity index (χ0v) is 19.5. The quantitative estimate of drug-likeness (QED) is 0.254. The van der Waals surface area contributed by atoms with Crippen LogP contribution in [0.2, 0.25) is 0 Å². The summed E-state index contributed by atoms with van der Waals surface area (Å²) in [5, 5.41) is 7.52. The zero-order chi connectivity index (χ0) is 24.8. The van der Waals surface area contributed by atoms with Gasteiger partial charge in [0.15, 0.2) is 5.11 Å². The molecule has 1 aliphatic rings. The van der Waals surface area contributed by atoms with Crippen LogP contribution in [-0.4, -0.2) is 34.2 Å². The number of nitrogens with one attached hydrogen (secondary N) is 2. The fraction of sp³-hybridized carbons (Fsp3) is 0.160. The predicted octanol–water partition coefficient (Wildman–Crippen LogP) is 5.87. The van der Waals surface area contributed by atoms with E-state index in [0.717, 1.165) is 34.3 Å². The monoisotopic (exact) mass is 497 g/mol. The zero-order valence-electron chi connectivity index (χ0n) is 18.7. The van der Waals surface area contributed by atoms with Crippen molar-refractivity contribution >= 4 is 34.8 Å². The van der Waals surface area contributed by atoms with Crippen LogP contribution in [0.15, 0.2) is 83.9 Å². The Morgan fingerprint density at radius 2 is 1.83 bits per heavy atom. The molecule has 1 aromatic heterocycles. The van der Waals surface area contributed by atoms with Gasteiger partial charge in [0.2, 0.25) is 0 Å². The summed E-state index contributed by atoms with van der Waals surface area (Å²) in [5.41, 5.74) is 6.24. The Morgan fingerprint density at radius 3 is 2.46 bits per heavy atom. The summed E-state index contributed by atoms with van der Waals surface area (Å²) in [6.45, 7) is 0. The molecule has 35 heavy (non-hydrogen) atoms. The van der Waals surface area contributed by atoms with Gasteiger partial charge in [0.05, 0.1) is 25.3 Å². The maximum absolute atomic E-state index is 12.8. The summed E-state index contributed by atoms with van der Waals surface area (Å²) < 4.78 is 45.4. The van der Waals surface area contributed by atoms with E-state index in [1.54, 1.807) is 19.7 Å². The molecule has 4 rings (SSSR count). The molecular formula is C25H22F3N5OS. The molecule has 2 N–H and O–H groups in total. The Bertz CT molecular complexity index is 1280. The van der Waals surface area contributed by atoms with Gasteiger partial charge in [-0.2, -0.15) is 18.3 Å². The summed E-state index contributed by atoms with van der Waals surface area (Å²) in [5.74, 6) is 0.755. The SMILES string of the molecule is COc1ccc(NC(=S)N/N=C/c2ccc(-n3cnc(C4=CC=C(C(F)(F)F)CC4)c3)cc2)cc1. The van der Waals surface area contributed by atoms with Crippen LogP contribution in [0, 0.1) is 0 Å². The molecule has 0 unspecified atom stereocenters. The van der Waals surface area contributed by atoms with E-state index < -0.39 is 11.7 Å². The molecule has 0 saturated carbocycles. The molecule has 3 aromatic rings. The standard InChI is InChI=1S/C25H22F3N5OS/c1-34-22-12-8-20(9-13-22)31-24(35)32-30-14-17-2-10-21(11-3-17)33-15-23(29-16-33)18-4-6-19(7-5-18)25(26,27)28/h2-4,6,8-16H,5,7H2,1H3,(H2,31,32,35)/b30-14+. The first-order valence-corrected chi connectivity index (χ1v) is 11.1. The Labute approximate surface area is 205 Å². The lowest BCUT2D eigenvalue weighted by Gasteiger charge is -2.15. The molecule has 6 nitrogen and oxygen atoms in total. The van der Waals surface area contributed by atoms with E-state index in [0.29, 0.717) is 17.2 Å². The number of imidazole rings is 1. The van der Waals surface area contributed by atoms with Crippen molar-refractivity contribution in [3.63, 3.8) is 0 Å². The number of hydrazone groups is 1. The minimum absolute atomic E-state index is 0.0384. The lowest BCUT2D eigenvalue weighted by atomic mass is 9.96. The topological polar surface area (TPSA) is 63.5 Å². The van der Waals surface area contributed by atoms with Gasteiger partial charge < -0.3 is 14.6 Å². The van der Waals surface area contributed by atoms with E-state index in [9.17, 15) is 13.2 Å². The van der Waals surface area contributed by atoms with Crippen LogP contribution in [-0.2, 0) is 0 Å². The van der Waals surface area contributed by atoms with Crippen molar-refractivity contribution in [3.8, 4) is 11.4 Å². The lowest BCUT2D eigenvalue weighted by molar-refractivity contribution is -0.0939. The van der Waals surface area contributed by atoms with E-state index in [1.807, 2.05) is 59.3 Å². The number of nitrogens with zero attached hydrogens (tertiary/aromatic N) is 3. The summed E-state index contributed by atoms with van der Waals surface area (Å²) in [4.78, 5) is 4.36. The maximum Gasteiger partial charge on any atom is 0.412 e. The van der Waals surface area contributed by atoms with Crippen LogP contribution in [0.5, 0.6) is 5.75 Å². The molecule has 0 saturated heterocycles. The third kappa shape index (κ3) is 6.36. The number of anilines is 1. The van der Waals surface area contributed by atoms with Gasteiger partial charge in [-0.3, -0.25) is 5.43 Å². The third-order valence-corrected chi connectivity index (χ3v) is 5.54. The molecule has 1 heterocycles. The average Bonchev–Trinajstić information content (AvgIpc) is 3.35. The highest BCUT2D eigenvalue weighted by Crippen LogP contribution is 2.35. The predicted molar refractivity (Wildman–Crippen MR) is 135 cm³/mol. The molecule has 0 radical (unpaired) electrons. The lowest BCUT2D eigenvalue weighted by Crippen LogP contribution is -2.23. The number of ether oxygens (including phenoxy) is 1. The number of rotatable bonds is 6. The fourth-order valence-electron chi connectivity index (χ4n) is 3.45. The number of thiocarbonyl (C=S) groups is 1. The Hall–Kier alpha value is -3.92. The minimum Gasteiger partial charge on any atom is -0.497 e. The number of alkyl halides is 3. The van der Waals surface area contributed by atoms with Gasteiger partial charge in [-0.05, 0) is 72.6 Å². The maximum atomic E-state index is 12.8. The van der Waals surface area contributed by atoms with Crippen molar-refractivity contribution in [2.45, 2.75) is 19.0 Å². The number of allylic oxidation sites excluding steroid dienone is 4. The van der Waals surface area contributed by atoms with Crippen LogP contribution >= 0.6 is 12.2 Å². The van der Waals surface area contributed by atoms with Gasteiger partial charge in [0.25, 0.3) is 0 Å². The van der Waals surface area contributed by atoms with Gasteiger partial charge in [0.1, 0.15) is 5.75 Å². The first-order valence-electron chi connectivity index (χ1n) is 10.7. The van der Waals surface area contributed by atoms with Crippen molar-refractivity contribution in [1.82, 2.24) is 15.0 Å². The first-order chi connectivity index (χ1) is 16.8. The molecule has 0 atom stereocenters. The average molecular weight is 498 g/mol. The highest BCUT2D eigenvalue weighted by Gasteiger charge is 2.33. The molecule has 0 bridgehead atoms. The summed E-state index contributed by atoms with van der Waals surface area (Å²) in [7, 11) is 1.61. The van der Waals surface area contributed by atoms with Crippen LogP contribution < -0.4 is 15.5 Å². The molecule has 10 heteroatoms. The van der Waals surface area contributed by atoms with Crippen LogP contribution in [0.1, 0.15) is 24.1 Å². The van der Waals surface area contributed by atoms with Crippen molar-refractivity contribution in [1.29, 1.82) is 0 Å². The van der Waals surface area contributed by atoms with Crippen molar-refractivity contribution < 1.29 is 17.9 Å². The van der Waals surface area contributed by atoms with Gasteiger partial charge in [-0.1, -0.05) is 24.3 Å². The van der Waals surface area contributed by atoms with E-state index in [-0.39, 0.29) is 6.42 Å². The molecule has 0 spiro atoms. The Morgan fingerprint density at radius 1 is 1.09 bits per heavy atom. The number of hydrogen-bond acceptors (Lipinski definition) is 4. The minimum atomic E-state index is -4.28. The number of hydrogen-bond donors (Lipinski definition) is 2. The highest BCUT2D eigenvalue weighted by molar-refractivity contribution is 7.80. The molecule has 1 aliphatic carbocycles. The molecule has 0 fully saturated rings. The van der Waals surface area contributed by atoms with E-state index >= 15 is 0 Å². The fourth-order valence-corrected chi connectivity index (χ4v) is 3.62. The molecular weight excluding hydrogens is 475 g/mol. The highest BCUT2D eigenvalue weighted by atomic mass is 32.1. The summed E-state index contributed by atoms with van der Waals surface area (Å²) >= 11 is 5.24. The number of methoxy groups -OCH3 is 1. The number of aromatic nitrogens is 2. The second-order valence-corrected chi connectivity index (χ2v) is 8.10. The summed E-state index contributed by atoms with van der Waals surface area (Å²) in [6, 6.07) is 14.9. The van der Waals surface area contributed by atoms with E-state index in [1.165, 1.54) is 6.08 Å². The largest absolute Gasteiger partial charge is 0.497 e. The number of halogens is 3. The van der Waals surface area contributed by atoms with Gasteiger partial charge >= 0.3 is 6.18 Å². The van der Waals surface area contributed by atoms with E-state index in [2.05, 4.69) is 20.8 Å². The molecule has 0 amide bonds. The second-order valence-electron chi connectivity index (χ2n) is 7.69.